The number of hydrazone groups is 1. The number of piperazine rings is 1. The van der Waals surface area contributed by atoms with E-state index >= 15 is 0 Å². The molecule has 0 radical (unpaired) electrons. The predicted octanol–water partition coefficient (Wildman–Crippen LogP) is 1.55. The van der Waals surface area contributed by atoms with Crippen LogP contribution in [0.15, 0.2) is 40.5 Å². The van der Waals surface area contributed by atoms with Crippen LogP contribution < -0.4 is 0 Å². The van der Waals surface area contributed by atoms with Crippen molar-refractivity contribution in [2.75, 3.05) is 79.0 Å². The fraction of sp³-hybridized carbons (Fsp3) is 0.577. The lowest BCUT2D eigenvalue weighted by atomic mass is 10.0. The molecule has 2 aromatic rings. The molecule has 1 aromatic carbocycles. The number of aromatic nitrogens is 1. The molecule has 12 heteroatoms. The Morgan fingerprint density at radius 1 is 1.11 bits per heavy atom. The maximum Gasteiger partial charge on any atom is 0.190 e. The van der Waals surface area contributed by atoms with Gasteiger partial charge in [-0.05, 0) is 25.6 Å². The van der Waals surface area contributed by atoms with Gasteiger partial charge in [-0.2, -0.15) is 5.10 Å². The number of methoxy groups -OCH3 is 1. The Morgan fingerprint density at radius 2 is 1.82 bits per heavy atom. The van der Waals surface area contributed by atoms with Crippen LogP contribution >= 0.6 is 11.3 Å². The van der Waals surface area contributed by atoms with E-state index in [4.69, 9.17) is 9.47 Å². The molecule has 0 bridgehead atoms. The van der Waals surface area contributed by atoms with Crippen molar-refractivity contribution in [3.8, 4) is 0 Å². The molecular formula is C26H37N5O5S2. The summed E-state index contributed by atoms with van der Waals surface area (Å²) >= 11 is 1.56. The van der Waals surface area contributed by atoms with Gasteiger partial charge in [0.2, 0.25) is 0 Å². The molecule has 0 unspecified atom stereocenters. The molecule has 2 fully saturated rings. The lowest BCUT2D eigenvalue weighted by Gasteiger charge is -2.31. The zero-order valence-electron chi connectivity index (χ0n) is 22.2. The van der Waals surface area contributed by atoms with Gasteiger partial charge in [-0.3, -0.25) is 14.7 Å². The summed E-state index contributed by atoms with van der Waals surface area (Å²) in [6.45, 7) is 7.67. The number of benzene rings is 1. The highest BCUT2D eigenvalue weighted by Crippen LogP contribution is 2.19. The van der Waals surface area contributed by atoms with Crippen molar-refractivity contribution >= 4 is 32.7 Å². The van der Waals surface area contributed by atoms with Crippen LogP contribution in [0.2, 0.25) is 0 Å². The van der Waals surface area contributed by atoms with Crippen LogP contribution in [0.3, 0.4) is 0 Å². The van der Waals surface area contributed by atoms with Gasteiger partial charge in [-0.15, -0.1) is 11.3 Å². The fourth-order valence-corrected chi connectivity index (χ4v) is 6.60. The minimum Gasteiger partial charge on any atom is -0.385 e. The number of rotatable bonds is 12. The summed E-state index contributed by atoms with van der Waals surface area (Å²) in [7, 11) is 0.257. The zero-order valence-corrected chi connectivity index (χ0v) is 23.8. The van der Waals surface area contributed by atoms with Crippen molar-refractivity contribution in [2.24, 2.45) is 5.10 Å². The van der Waals surface area contributed by atoms with Crippen LogP contribution in [0.5, 0.6) is 0 Å². The van der Waals surface area contributed by atoms with E-state index in [2.05, 4.69) is 26.9 Å². The first-order valence-corrected chi connectivity index (χ1v) is 15.4. The highest BCUT2D eigenvalue weighted by Gasteiger charge is 2.22. The largest absolute Gasteiger partial charge is 0.385 e. The third-order valence-electron chi connectivity index (χ3n) is 6.63. The Labute approximate surface area is 229 Å². The fourth-order valence-electron chi connectivity index (χ4n) is 4.35. The van der Waals surface area contributed by atoms with Crippen molar-refractivity contribution in [3.63, 3.8) is 0 Å². The monoisotopic (exact) mass is 563 g/mol. The van der Waals surface area contributed by atoms with Gasteiger partial charge in [-0.25, -0.2) is 13.4 Å². The summed E-state index contributed by atoms with van der Waals surface area (Å²) in [5, 5.41) is 7.28. The second-order valence-electron chi connectivity index (χ2n) is 9.60. The third-order valence-corrected chi connectivity index (χ3v) is 9.43. The summed E-state index contributed by atoms with van der Waals surface area (Å²) in [4.78, 5) is 24.1. The van der Waals surface area contributed by atoms with Crippen molar-refractivity contribution in [3.05, 3.63) is 45.9 Å². The lowest BCUT2D eigenvalue weighted by molar-refractivity contribution is -0.112. The van der Waals surface area contributed by atoms with Gasteiger partial charge in [-0.1, -0.05) is 12.1 Å². The number of sulfone groups is 1. The second kappa shape index (κ2) is 13.7. The smallest absolute Gasteiger partial charge is 0.190 e. The van der Waals surface area contributed by atoms with Gasteiger partial charge in [0.1, 0.15) is 10.7 Å². The summed E-state index contributed by atoms with van der Waals surface area (Å²) in [5.41, 5.74) is 0.901. The van der Waals surface area contributed by atoms with E-state index in [0.717, 1.165) is 42.6 Å². The van der Waals surface area contributed by atoms with E-state index < -0.39 is 9.84 Å². The van der Waals surface area contributed by atoms with Crippen LogP contribution in [0, 0.1) is 0 Å². The highest BCUT2D eigenvalue weighted by atomic mass is 32.2. The molecule has 0 aliphatic carbocycles. The van der Waals surface area contributed by atoms with Crippen molar-refractivity contribution in [1.82, 2.24) is 19.8 Å². The number of thiazole rings is 1. The first kappa shape index (κ1) is 28.8. The molecule has 208 valence electrons. The molecule has 4 rings (SSSR count). The van der Waals surface area contributed by atoms with Crippen LogP contribution in [0.25, 0.3) is 0 Å². The number of hydrogen-bond acceptors (Lipinski definition) is 11. The molecule has 2 aliphatic rings. The average molecular weight is 564 g/mol. The molecule has 0 amide bonds. The summed E-state index contributed by atoms with van der Waals surface area (Å²) < 4.78 is 35.7. The number of Topliss-reactive ketones (excluding diaryl/α,β-unsaturated/α-hetero) is 1. The molecule has 2 saturated heterocycles. The van der Waals surface area contributed by atoms with Gasteiger partial charge >= 0.3 is 0 Å². The van der Waals surface area contributed by atoms with E-state index in [1.807, 2.05) is 11.2 Å². The lowest BCUT2D eigenvalue weighted by Crippen LogP contribution is -2.43. The Morgan fingerprint density at radius 3 is 2.50 bits per heavy atom. The SMILES string of the molecule is COCCCS(=O)(=O)c1ccc(/C(=N\N2CCOCC2)C(=O)Cc2ncc(CN3CCN(C)CC3)s2)cc1. The van der Waals surface area contributed by atoms with E-state index in [1.54, 1.807) is 42.7 Å². The van der Waals surface area contributed by atoms with Crippen molar-refractivity contribution in [1.29, 1.82) is 0 Å². The minimum atomic E-state index is -3.43. The standard InChI is InChI=1S/C26H37N5O5S2/c1-29-8-10-30(11-9-29)20-22-19-27-25(37-22)18-24(32)26(28-31-12-15-36-16-13-31)21-4-6-23(7-5-21)38(33,34)17-3-14-35-2/h4-7,19H,3,8-18,20H2,1-2H3/b28-26+. The third kappa shape index (κ3) is 8.14. The van der Waals surface area contributed by atoms with Crippen LogP contribution in [-0.2, 0) is 37.1 Å². The molecule has 0 saturated carbocycles. The van der Waals surface area contributed by atoms with Crippen LogP contribution in [0.4, 0.5) is 0 Å². The van der Waals surface area contributed by atoms with Gasteiger partial charge in [0.15, 0.2) is 15.6 Å². The minimum absolute atomic E-state index is 0.00828. The first-order valence-electron chi connectivity index (χ1n) is 12.9. The number of nitrogens with zero attached hydrogens (tertiary/aromatic N) is 5. The Kier molecular flexibility index (Phi) is 10.4. The van der Waals surface area contributed by atoms with Gasteiger partial charge in [0.05, 0.1) is 43.4 Å². The normalized spacial score (nSPS) is 18.2. The maximum absolute atomic E-state index is 13.5. The second-order valence-corrected chi connectivity index (χ2v) is 12.9. The molecule has 38 heavy (non-hydrogen) atoms. The number of hydrogen-bond donors (Lipinski definition) is 0. The predicted molar refractivity (Wildman–Crippen MR) is 148 cm³/mol. The summed E-state index contributed by atoms with van der Waals surface area (Å²) in [6.07, 6.45) is 2.44. The molecule has 10 nitrogen and oxygen atoms in total. The van der Waals surface area contributed by atoms with Crippen LogP contribution in [-0.4, -0.2) is 119 Å². The van der Waals surface area contributed by atoms with E-state index in [9.17, 15) is 13.2 Å². The molecular weight excluding hydrogens is 526 g/mol. The Balaban J connectivity index is 1.48. The summed E-state index contributed by atoms with van der Waals surface area (Å²) in [6, 6.07) is 6.44. The van der Waals surface area contributed by atoms with E-state index in [1.165, 1.54) is 0 Å². The number of morpholine rings is 1. The molecule has 0 spiro atoms. The molecule has 3 heterocycles. The number of carbonyl (C=O) groups is 1. The van der Waals surface area contributed by atoms with Crippen LogP contribution in [0.1, 0.15) is 21.9 Å². The highest BCUT2D eigenvalue weighted by molar-refractivity contribution is 7.91. The van der Waals surface area contributed by atoms with Crippen molar-refractivity contribution < 1.29 is 22.7 Å². The average Bonchev–Trinajstić information content (AvgIpc) is 3.36. The quantitative estimate of drug-likeness (QED) is 0.281. The molecule has 0 N–H and O–H groups in total. The van der Waals surface area contributed by atoms with Crippen molar-refractivity contribution in [2.45, 2.75) is 24.3 Å². The molecule has 2 aliphatic heterocycles. The Bertz CT molecular complexity index is 1180. The molecule has 1 aromatic heterocycles. The number of likely N-dealkylation sites (N-methyl/N-ethyl adjacent to an activating group) is 1. The van der Waals surface area contributed by atoms with E-state index in [-0.39, 0.29) is 22.9 Å². The van der Waals surface area contributed by atoms with Gasteiger partial charge < -0.3 is 14.4 Å². The van der Waals surface area contributed by atoms with E-state index in [0.29, 0.717) is 50.6 Å². The summed E-state index contributed by atoms with van der Waals surface area (Å²) in [5.74, 6) is -0.137. The zero-order chi connectivity index (χ0) is 27.0. The van der Waals surface area contributed by atoms with Gasteiger partial charge in [0, 0.05) is 63.1 Å². The topological polar surface area (TPSA) is 105 Å². The maximum atomic E-state index is 13.5. The number of ketones is 1. The number of carbonyl (C=O) groups excluding carboxylic acids is 1. The van der Waals surface area contributed by atoms with Gasteiger partial charge in [0.25, 0.3) is 0 Å². The Hall–Kier alpha value is -2.22. The number of ether oxygens (including phenoxy) is 2. The molecule has 0 atom stereocenters. The first-order chi connectivity index (χ1) is 18.3.